The predicted molar refractivity (Wildman–Crippen MR) is 141 cm³/mol. The first-order valence-electron chi connectivity index (χ1n) is 11.8. The lowest BCUT2D eigenvalue weighted by atomic mass is 9.94. The van der Waals surface area contributed by atoms with Crippen LogP contribution in [0.25, 0.3) is 5.76 Å². The number of hydrogen-bond acceptors (Lipinski definition) is 8. The molecule has 200 valence electrons. The van der Waals surface area contributed by atoms with Crippen molar-refractivity contribution in [3.63, 3.8) is 0 Å². The van der Waals surface area contributed by atoms with Crippen molar-refractivity contribution in [3.8, 4) is 23.0 Å². The number of hydrogen-bond donors (Lipinski definition) is 1. The second kappa shape index (κ2) is 12.2. The van der Waals surface area contributed by atoms with Crippen molar-refractivity contribution in [2.45, 2.75) is 19.4 Å². The molecule has 37 heavy (non-hydrogen) atoms. The molecule has 0 radical (unpaired) electrons. The fourth-order valence-electron chi connectivity index (χ4n) is 4.14. The van der Waals surface area contributed by atoms with Gasteiger partial charge in [-0.15, -0.1) is 0 Å². The first-order chi connectivity index (χ1) is 17.7. The van der Waals surface area contributed by atoms with E-state index in [-0.39, 0.29) is 34.2 Å². The van der Waals surface area contributed by atoms with Crippen LogP contribution in [0.4, 0.5) is 0 Å². The van der Waals surface area contributed by atoms with Gasteiger partial charge in [-0.25, -0.2) is 0 Å². The quantitative estimate of drug-likeness (QED) is 0.262. The van der Waals surface area contributed by atoms with E-state index in [1.54, 1.807) is 18.2 Å². The molecule has 1 aliphatic rings. The minimum atomic E-state index is -0.874. The van der Waals surface area contributed by atoms with Gasteiger partial charge in [0.2, 0.25) is 0 Å². The van der Waals surface area contributed by atoms with E-state index in [1.165, 1.54) is 38.4 Å². The molecular formula is C27H33ClN2O7. The standard InChI is InChI=1S/C27H33ClN2O7/c1-7-12-37-22-13-16(8-9-19(22)34-4)24-23(26(32)27(33)30(24)11-10-29(2)3)25(31)17-14-21(36-6)18(28)15-20(17)35-5/h8-9,13-15,24,31H,7,10-12H2,1-6H3/b25-23+. The van der Waals surface area contributed by atoms with Crippen LogP contribution in [0.2, 0.25) is 5.02 Å². The lowest BCUT2D eigenvalue weighted by Gasteiger charge is -2.27. The van der Waals surface area contributed by atoms with E-state index >= 15 is 0 Å². The number of nitrogens with zero attached hydrogens (tertiary/aromatic N) is 2. The van der Waals surface area contributed by atoms with Crippen LogP contribution in [0.5, 0.6) is 23.0 Å². The summed E-state index contributed by atoms with van der Waals surface area (Å²) in [6.45, 7) is 3.22. The van der Waals surface area contributed by atoms with E-state index in [0.29, 0.717) is 30.2 Å². The van der Waals surface area contributed by atoms with Crippen molar-refractivity contribution < 1.29 is 33.6 Å². The van der Waals surface area contributed by atoms with E-state index in [9.17, 15) is 14.7 Å². The zero-order valence-electron chi connectivity index (χ0n) is 22.0. The monoisotopic (exact) mass is 532 g/mol. The Balaban J connectivity index is 2.26. The highest BCUT2D eigenvalue weighted by Crippen LogP contribution is 2.44. The molecule has 1 heterocycles. The van der Waals surface area contributed by atoms with Gasteiger partial charge in [0, 0.05) is 19.2 Å². The molecule has 9 nitrogen and oxygen atoms in total. The van der Waals surface area contributed by atoms with Crippen molar-refractivity contribution >= 4 is 29.1 Å². The van der Waals surface area contributed by atoms with Gasteiger partial charge in [-0.05, 0) is 44.3 Å². The zero-order chi connectivity index (χ0) is 27.3. The fourth-order valence-corrected chi connectivity index (χ4v) is 4.37. The molecule has 0 spiro atoms. The molecule has 0 aliphatic carbocycles. The number of ketones is 1. The number of ether oxygens (including phenoxy) is 4. The predicted octanol–water partition coefficient (Wildman–Crippen LogP) is 4.14. The smallest absolute Gasteiger partial charge is 0.295 e. The highest BCUT2D eigenvalue weighted by Gasteiger charge is 2.46. The van der Waals surface area contributed by atoms with Crippen molar-refractivity contribution in [2.24, 2.45) is 0 Å². The molecule has 1 aliphatic heterocycles. The Kier molecular flexibility index (Phi) is 9.29. The summed E-state index contributed by atoms with van der Waals surface area (Å²) < 4.78 is 22.0. The topological polar surface area (TPSA) is 97.8 Å². The normalized spacial score (nSPS) is 16.9. The van der Waals surface area contributed by atoms with Gasteiger partial charge in [0.05, 0.1) is 50.1 Å². The lowest BCUT2D eigenvalue weighted by Crippen LogP contribution is -2.35. The fraction of sp³-hybridized carbons (Fsp3) is 0.407. The summed E-state index contributed by atoms with van der Waals surface area (Å²) in [6.07, 6.45) is 0.785. The van der Waals surface area contributed by atoms with Crippen molar-refractivity contribution in [1.82, 2.24) is 9.80 Å². The molecule has 0 bridgehead atoms. The van der Waals surface area contributed by atoms with Crippen LogP contribution in [-0.4, -0.2) is 81.7 Å². The molecule has 3 rings (SSSR count). The number of methoxy groups -OCH3 is 3. The van der Waals surface area contributed by atoms with E-state index in [2.05, 4.69) is 0 Å². The summed E-state index contributed by atoms with van der Waals surface area (Å²) in [5.74, 6) is -0.402. The molecule has 1 amide bonds. The van der Waals surface area contributed by atoms with Gasteiger partial charge < -0.3 is 33.9 Å². The number of aliphatic hydroxyl groups excluding tert-OH is 1. The Labute approximate surface area is 222 Å². The molecule has 1 unspecified atom stereocenters. The summed E-state index contributed by atoms with van der Waals surface area (Å²) in [7, 11) is 8.15. The van der Waals surface area contributed by atoms with Gasteiger partial charge in [-0.1, -0.05) is 24.6 Å². The molecule has 1 atom stereocenters. The SMILES string of the molecule is CCCOc1cc(C2/C(=C(\O)c3cc(OC)c(Cl)cc3OC)C(=O)C(=O)N2CCN(C)C)ccc1OC. The number of likely N-dealkylation sites (tertiary alicyclic amines) is 1. The largest absolute Gasteiger partial charge is 0.507 e. The number of benzene rings is 2. The van der Waals surface area contributed by atoms with Crippen molar-refractivity contribution in [1.29, 1.82) is 0 Å². The van der Waals surface area contributed by atoms with Gasteiger partial charge >= 0.3 is 0 Å². The van der Waals surface area contributed by atoms with Gasteiger partial charge in [0.15, 0.2) is 11.5 Å². The average Bonchev–Trinajstić information content (AvgIpc) is 3.14. The molecular weight excluding hydrogens is 500 g/mol. The molecule has 1 fully saturated rings. The van der Waals surface area contributed by atoms with Gasteiger partial charge in [-0.3, -0.25) is 9.59 Å². The summed E-state index contributed by atoms with van der Waals surface area (Å²) in [5, 5.41) is 11.8. The minimum absolute atomic E-state index is 0.0713. The second-order valence-corrected chi connectivity index (χ2v) is 9.15. The number of rotatable bonds is 11. The Morgan fingerprint density at radius 2 is 1.68 bits per heavy atom. The third-order valence-corrected chi connectivity index (χ3v) is 6.32. The third kappa shape index (κ3) is 5.78. The molecule has 0 aromatic heterocycles. The maximum absolute atomic E-state index is 13.4. The Morgan fingerprint density at radius 1 is 1.00 bits per heavy atom. The molecule has 0 saturated carbocycles. The molecule has 2 aromatic rings. The number of carbonyl (C=O) groups excluding carboxylic acids is 2. The number of aliphatic hydroxyl groups is 1. The molecule has 10 heteroatoms. The van der Waals surface area contributed by atoms with Crippen LogP contribution >= 0.6 is 11.6 Å². The number of Topliss-reactive ketones (excluding diaryl/α,β-unsaturated/α-hetero) is 1. The van der Waals surface area contributed by atoms with Crippen LogP contribution in [0, 0.1) is 0 Å². The number of likely N-dealkylation sites (N-methyl/N-ethyl adjacent to an activating group) is 1. The molecule has 1 N–H and O–H groups in total. The number of amides is 1. The summed E-state index contributed by atoms with van der Waals surface area (Å²) in [5.41, 5.74) is 0.694. The van der Waals surface area contributed by atoms with Crippen LogP contribution in [-0.2, 0) is 9.59 Å². The Hall–Kier alpha value is -3.43. The van der Waals surface area contributed by atoms with Crippen LogP contribution in [0.3, 0.4) is 0 Å². The van der Waals surface area contributed by atoms with Gasteiger partial charge in [0.25, 0.3) is 11.7 Å². The Bertz CT molecular complexity index is 1200. The van der Waals surface area contributed by atoms with Gasteiger partial charge in [-0.2, -0.15) is 0 Å². The van der Waals surface area contributed by atoms with Gasteiger partial charge in [0.1, 0.15) is 17.3 Å². The second-order valence-electron chi connectivity index (χ2n) is 8.74. The van der Waals surface area contributed by atoms with E-state index in [4.69, 9.17) is 30.5 Å². The zero-order valence-corrected chi connectivity index (χ0v) is 22.7. The van der Waals surface area contributed by atoms with E-state index in [0.717, 1.165) is 6.42 Å². The highest BCUT2D eigenvalue weighted by atomic mass is 35.5. The van der Waals surface area contributed by atoms with E-state index < -0.39 is 23.5 Å². The average molecular weight is 533 g/mol. The van der Waals surface area contributed by atoms with Crippen molar-refractivity contribution in [3.05, 3.63) is 52.1 Å². The number of carbonyl (C=O) groups is 2. The lowest BCUT2D eigenvalue weighted by molar-refractivity contribution is -0.140. The summed E-state index contributed by atoms with van der Waals surface area (Å²) in [6, 6.07) is 7.30. The number of halogens is 1. The minimum Gasteiger partial charge on any atom is -0.507 e. The highest BCUT2D eigenvalue weighted by molar-refractivity contribution is 6.46. The summed E-state index contributed by atoms with van der Waals surface area (Å²) >= 11 is 6.24. The van der Waals surface area contributed by atoms with Crippen LogP contribution in [0.1, 0.15) is 30.5 Å². The van der Waals surface area contributed by atoms with E-state index in [1.807, 2.05) is 25.9 Å². The van der Waals surface area contributed by atoms with Crippen LogP contribution < -0.4 is 18.9 Å². The first-order valence-corrected chi connectivity index (χ1v) is 12.2. The van der Waals surface area contributed by atoms with Crippen molar-refractivity contribution in [2.75, 3.05) is 55.1 Å². The third-order valence-electron chi connectivity index (χ3n) is 6.02. The first kappa shape index (κ1) is 28.1. The maximum Gasteiger partial charge on any atom is 0.295 e. The molecule has 2 aromatic carbocycles. The van der Waals surface area contributed by atoms with Crippen LogP contribution in [0.15, 0.2) is 35.9 Å². The maximum atomic E-state index is 13.4. The molecule has 1 saturated heterocycles. The summed E-state index contributed by atoms with van der Waals surface area (Å²) in [4.78, 5) is 30.0. The Morgan fingerprint density at radius 3 is 2.27 bits per heavy atom.